The molecule has 2 nitrogen and oxygen atoms in total. The maximum Gasteiger partial charge on any atom is 0.0169 e. The molecule has 19 heavy (non-hydrogen) atoms. The molecule has 0 aromatic rings. The van der Waals surface area contributed by atoms with Crippen LogP contribution in [0.1, 0.15) is 65.7 Å². The van der Waals surface area contributed by atoms with Gasteiger partial charge in [-0.3, -0.25) is 0 Å². The van der Waals surface area contributed by atoms with Gasteiger partial charge < -0.3 is 10.2 Å². The Morgan fingerprint density at radius 1 is 0.947 bits per heavy atom. The zero-order valence-electron chi connectivity index (χ0n) is 13.3. The standard InChI is InChI=1S/C17H34N2/c1-14(2)16-9-5-6-10-17(16)18-15(3)13-19-11-7-4-8-12-19/h14-18H,4-13H2,1-3H3. The Balaban J connectivity index is 1.77. The highest BCUT2D eigenvalue weighted by atomic mass is 15.2. The molecule has 0 aromatic heterocycles. The van der Waals surface area contributed by atoms with Crippen molar-refractivity contribution in [3.63, 3.8) is 0 Å². The fourth-order valence-electron chi connectivity index (χ4n) is 4.11. The second-order valence-electron chi connectivity index (χ2n) is 7.23. The average molecular weight is 266 g/mol. The van der Waals surface area contributed by atoms with E-state index in [9.17, 15) is 0 Å². The zero-order valence-corrected chi connectivity index (χ0v) is 13.3. The Bertz CT molecular complexity index is 246. The zero-order chi connectivity index (χ0) is 13.7. The van der Waals surface area contributed by atoms with Crippen molar-refractivity contribution >= 4 is 0 Å². The molecule has 1 saturated heterocycles. The van der Waals surface area contributed by atoms with E-state index < -0.39 is 0 Å². The van der Waals surface area contributed by atoms with E-state index in [1.165, 1.54) is 64.6 Å². The number of piperidine rings is 1. The molecule has 0 aromatic carbocycles. The summed E-state index contributed by atoms with van der Waals surface area (Å²) in [5, 5.41) is 3.96. The van der Waals surface area contributed by atoms with Crippen molar-refractivity contribution < 1.29 is 0 Å². The summed E-state index contributed by atoms with van der Waals surface area (Å²) in [6.45, 7) is 11.1. The maximum absolute atomic E-state index is 3.96. The molecule has 0 spiro atoms. The first-order valence-electron chi connectivity index (χ1n) is 8.65. The number of nitrogens with zero attached hydrogens (tertiary/aromatic N) is 1. The number of rotatable bonds is 5. The topological polar surface area (TPSA) is 15.3 Å². The SMILES string of the molecule is CC(CN1CCCCC1)NC1CCCCC1C(C)C. The van der Waals surface area contributed by atoms with Crippen molar-refractivity contribution in [3.8, 4) is 0 Å². The lowest BCUT2D eigenvalue weighted by Crippen LogP contribution is -2.49. The van der Waals surface area contributed by atoms with E-state index in [1.54, 1.807) is 0 Å². The lowest BCUT2D eigenvalue weighted by Gasteiger charge is -2.38. The van der Waals surface area contributed by atoms with Crippen molar-refractivity contribution in [3.05, 3.63) is 0 Å². The summed E-state index contributed by atoms with van der Waals surface area (Å²) in [5.41, 5.74) is 0. The maximum atomic E-state index is 3.96. The molecule has 2 fully saturated rings. The average Bonchev–Trinajstić information content (AvgIpc) is 2.40. The van der Waals surface area contributed by atoms with Gasteiger partial charge in [-0.1, -0.05) is 33.1 Å². The van der Waals surface area contributed by atoms with E-state index >= 15 is 0 Å². The Labute approximate surface area is 120 Å². The van der Waals surface area contributed by atoms with Crippen molar-refractivity contribution in [2.75, 3.05) is 19.6 Å². The van der Waals surface area contributed by atoms with Gasteiger partial charge in [0.15, 0.2) is 0 Å². The third-order valence-electron chi connectivity index (χ3n) is 5.16. The Morgan fingerprint density at radius 2 is 1.63 bits per heavy atom. The van der Waals surface area contributed by atoms with Crippen molar-refractivity contribution in [1.82, 2.24) is 10.2 Å². The summed E-state index contributed by atoms with van der Waals surface area (Å²) in [6, 6.07) is 1.43. The van der Waals surface area contributed by atoms with Gasteiger partial charge in [0.05, 0.1) is 0 Å². The van der Waals surface area contributed by atoms with Crippen LogP contribution >= 0.6 is 0 Å². The molecule has 0 amide bonds. The van der Waals surface area contributed by atoms with Gasteiger partial charge in [0.2, 0.25) is 0 Å². The summed E-state index contributed by atoms with van der Waals surface area (Å²) in [6.07, 6.45) is 9.96. The quantitative estimate of drug-likeness (QED) is 0.817. The molecule has 1 aliphatic carbocycles. The van der Waals surface area contributed by atoms with E-state index in [0.29, 0.717) is 6.04 Å². The van der Waals surface area contributed by atoms with Crippen LogP contribution in [0.3, 0.4) is 0 Å². The van der Waals surface area contributed by atoms with E-state index in [2.05, 4.69) is 31.0 Å². The number of hydrogen-bond acceptors (Lipinski definition) is 2. The highest BCUT2D eigenvalue weighted by molar-refractivity contribution is 4.85. The van der Waals surface area contributed by atoms with Crippen LogP contribution in [0, 0.1) is 11.8 Å². The molecule has 2 aliphatic rings. The van der Waals surface area contributed by atoms with Crippen LogP contribution in [0.25, 0.3) is 0 Å². The van der Waals surface area contributed by atoms with Gasteiger partial charge in [0.1, 0.15) is 0 Å². The largest absolute Gasteiger partial charge is 0.310 e. The fraction of sp³-hybridized carbons (Fsp3) is 1.00. The number of nitrogens with one attached hydrogen (secondary N) is 1. The molecule has 0 bridgehead atoms. The molecule has 2 heteroatoms. The van der Waals surface area contributed by atoms with E-state index in [0.717, 1.165) is 17.9 Å². The van der Waals surface area contributed by atoms with Gasteiger partial charge >= 0.3 is 0 Å². The molecule has 1 saturated carbocycles. The Hall–Kier alpha value is -0.0800. The van der Waals surface area contributed by atoms with E-state index in [4.69, 9.17) is 0 Å². The van der Waals surface area contributed by atoms with Crippen LogP contribution in [-0.2, 0) is 0 Å². The minimum atomic E-state index is 0.655. The van der Waals surface area contributed by atoms with Gasteiger partial charge in [0.25, 0.3) is 0 Å². The summed E-state index contributed by atoms with van der Waals surface area (Å²) in [4.78, 5) is 2.66. The predicted octanol–water partition coefficient (Wildman–Crippen LogP) is 3.67. The molecule has 112 valence electrons. The minimum Gasteiger partial charge on any atom is -0.310 e. The molecule has 0 radical (unpaired) electrons. The molecule has 3 atom stereocenters. The fourth-order valence-corrected chi connectivity index (χ4v) is 4.11. The van der Waals surface area contributed by atoms with Crippen molar-refractivity contribution in [2.24, 2.45) is 11.8 Å². The van der Waals surface area contributed by atoms with Crippen LogP contribution in [0.4, 0.5) is 0 Å². The molecule has 1 heterocycles. The number of likely N-dealkylation sites (tertiary alicyclic amines) is 1. The van der Waals surface area contributed by atoms with Crippen LogP contribution < -0.4 is 5.32 Å². The Kier molecular flexibility index (Phi) is 6.15. The second kappa shape index (κ2) is 7.64. The Morgan fingerprint density at radius 3 is 2.32 bits per heavy atom. The molecular formula is C17H34N2. The summed E-state index contributed by atoms with van der Waals surface area (Å²) >= 11 is 0. The summed E-state index contributed by atoms with van der Waals surface area (Å²) < 4.78 is 0. The summed E-state index contributed by atoms with van der Waals surface area (Å²) in [7, 11) is 0. The molecule has 2 rings (SSSR count). The third-order valence-corrected chi connectivity index (χ3v) is 5.16. The van der Waals surface area contributed by atoms with E-state index in [-0.39, 0.29) is 0 Å². The van der Waals surface area contributed by atoms with Crippen LogP contribution in [-0.4, -0.2) is 36.6 Å². The monoisotopic (exact) mass is 266 g/mol. The highest BCUT2D eigenvalue weighted by Crippen LogP contribution is 2.30. The van der Waals surface area contributed by atoms with Crippen molar-refractivity contribution in [2.45, 2.75) is 77.8 Å². The second-order valence-corrected chi connectivity index (χ2v) is 7.23. The smallest absolute Gasteiger partial charge is 0.0169 e. The molecular weight excluding hydrogens is 232 g/mol. The normalized spacial score (nSPS) is 31.6. The van der Waals surface area contributed by atoms with Gasteiger partial charge in [-0.05, 0) is 57.5 Å². The molecule has 1 aliphatic heterocycles. The van der Waals surface area contributed by atoms with Crippen LogP contribution in [0.2, 0.25) is 0 Å². The van der Waals surface area contributed by atoms with Gasteiger partial charge in [-0.15, -0.1) is 0 Å². The molecule has 1 N–H and O–H groups in total. The van der Waals surface area contributed by atoms with Crippen LogP contribution in [0.15, 0.2) is 0 Å². The van der Waals surface area contributed by atoms with Gasteiger partial charge in [0, 0.05) is 18.6 Å². The van der Waals surface area contributed by atoms with Crippen LogP contribution in [0.5, 0.6) is 0 Å². The van der Waals surface area contributed by atoms with Gasteiger partial charge in [-0.2, -0.15) is 0 Å². The summed E-state index contributed by atoms with van der Waals surface area (Å²) in [5.74, 6) is 1.73. The predicted molar refractivity (Wildman–Crippen MR) is 83.5 cm³/mol. The van der Waals surface area contributed by atoms with Gasteiger partial charge in [-0.25, -0.2) is 0 Å². The number of hydrogen-bond donors (Lipinski definition) is 1. The van der Waals surface area contributed by atoms with Crippen molar-refractivity contribution in [1.29, 1.82) is 0 Å². The lowest BCUT2D eigenvalue weighted by atomic mass is 9.77. The minimum absolute atomic E-state index is 0.655. The first kappa shape index (κ1) is 15.3. The highest BCUT2D eigenvalue weighted by Gasteiger charge is 2.28. The first-order valence-corrected chi connectivity index (χ1v) is 8.65. The third kappa shape index (κ3) is 4.75. The lowest BCUT2D eigenvalue weighted by molar-refractivity contribution is 0.164. The molecule has 3 unspecified atom stereocenters. The van der Waals surface area contributed by atoms with E-state index in [1.807, 2.05) is 0 Å². The first-order chi connectivity index (χ1) is 9.16.